The Morgan fingerprint density at radius 2 is 1.82 bits per heavy atom. The van der Waals surface area contributed by atoms with E-state index in [-0.39, 0.29) is 0 Å². The van der Waals surface area contributed by atoms with E-state index >= 15 is 0 Å². The average Bonchev–Trinajstić information content (AvgIpc) is 2.35. The van der Waals surface area contributed by atoms with Crippen molar-refractivity contribution in [2.24, 2.45) is 0 Å². The van der Waals surface area contributed by atoms with Crippen molar-refractivity contribution in [2.75, 3.05) is 25.0 Å². The van der Waals surface area contributed by atoms with E-state index < -0.39 is 0 Å². The van der Waals surface area contributed by atoms with E-state index in [9.17, 15) is 0 Å². The number of likely N-dealkylation sites (N-methyl/N-ethyl adjacent to an activating group) is 1. The molecule has 1 aromatic rings. The molecule has 1 aromatic carbocycles. The van der Waals surface area contributed by atoms with Crippen LogP contribution in [0.2, 0.25) is 0 Å². The predicted molar refractivity (Wildman–Crippen MR) is 76.8 cm³/mol. The Morgan fingerprint density at radius 3 is 2.41 bits per heavy atom. The minimum atomic E-state index is 0.667. The van der Waals surface area contributed by atoms with Gasteiger partial charge in [-0.15, -0.1) is 0 Å². The first kappa shape index (κ1) is 14.0. The third kappa shape index (κ3) is 4.39. The first-order chi connectivity index (χ1) is 8.19. The summed E-state index contributed by atoms with van der Waals surface area (Å²) in [6.07, 6.45) is 2.43. The number of nitrogens with one attached hydrogen (secondary N) is 1. The van der Waals surface area contributed by atoms with Crippen molar-refractivity contribution >= 4 is 5.69 Å². The van der Waals surface area contributed by atoms with Crippen molar-refractivity contribution in [3.05, 3.63) is 29.8 Å². The molecule has 0 saturated heterocycles. The van der Waals surface area contributed by atoms with Crippen molar-refractivity contribution < 1.29 is 0 Å². The molecule has 17 heavy (non-hydrogen) atoms. The summed E-state index contributed by atoms with van der Waals surface area (Å²) in [4.78, 5) is 2.32. The molecule has 0 amide bonds. The summed E-state index contributed by atoms with van der Waals surface area (Å²) in [7, 11) is 2.16. The van der Waals surface area contributed by atoms with Crippen LogP contribution in [-0.2, 0) is 0 Å². The summed E-state index contributed by atoms with van der Waals surface area (Å²) < 4.78 is 0. The average molecular weight is 234 g/mol. The van der Waals surface area contributed by atoms with Crippen molar-refractivity contribution in [1.82, 2.24) is 5.32 Å². The Bertz CT molecular complexity index is 318. The number of benzene rings is 1. The second kappa shape index (κ2) is 7.33. The lowest BCUT2D eigenvalue weighted by Crippen LogP contribution is -2.35. The molecule has 0 aliphatic carbocycles. The highest BCUT2D eigenvalue weighted by atomic mass is 15.1. The largest absolute Gasteiger partial charge is 0.373 e. The van der Waals surface area contributed by atoms with Crippen LogP contribution in [-0.4, -0.2) is 26.2 Å². The van der Waals surface area contributed by atoms with Gasteiger partial charge in [-0.25, -0.2) is 0 Å². The Hall–Kier alpha value is -1.02. The van der Waals surface area contributed by atoms with Crippen LogP contribution in [0.3, 0.4) is 0 Å². The van der Waals surface area contributed by atoms with Crippen LogP contribution < -0.4 is 10.2 Å². The van der Waals surface area contributed by atoms with Crippen LogP contribution in [0.5, 0.6) is 0 Å². The van der Waals surface area contributed by atoms with E-state index in [1.807, 2.05) is 0 Å². The van der Waals surface area contributed by atoms with Gasteiger partial charge >= 0.3 is 0 Å². The second-order valence-corrected chi connectivity index (χ2v) is 4.68. The summed E-state index contributed by atoms with van der Waals surface area (Å²) in [6.45, 7) is 8.76. The molecule has 2 nitrogen and oxygen atoms in total. The molecule has 0 unspecified atom stereocenters. The summed E-state index contributed by atoms with van der Waals surface area (Å²) in [5.74, 6) is 0. The van der Waals surface area contributed by atoms with Crippen LogP contribution in [0.1, 0.15) is 32.3 Å². The molecule has 0 bridgehead atoms. The molecule has 0 aliphatic heterocycles. The number of anilines is 1. The summed E-state index contributed by atoms with van der Waals surface area (Å²) in [6, 6.07) is 9.22. The number of hydrogen-bond acceptors (Lipinski definition) is 2. The van der Waals surface area contributed by atoms with Gasteiger partial charge in [0.25, 0.3) is 0 Å². The lowest BCUT2D eigenvalue weighted by atomic mass is 10.1. The van der Waals surface area contributed by atoms with Crippen molar-refractivity contribution in [3.63, 3.8) is 0 Å². The normalized spacial score (nSPS) is 10.9. The van der Waals surface area contributed by atoms with Crippen LogP contribution in [0.25, 0.3) is 0 Å². The van der Waals surface area contributed by atoms with Gasteiger partial charge in [-0.05, 0) is 31.4 Å². The fourth-order valence-corrected chi connectivity index (χ4v) is 2.13. The summed E-state index contributed by atoms with van der Waals surface area (Å²) in [5, 5.41) is 3.60. The number of aryl methyl sites for hydroxylation is 1. The number of hydrogen-bond donors (Lipinski definition) is 1. The standard InChI is InChI=1S/C15H26N2/c1-5-14(6-2)16-11-12-17(4)15-10-8-7-9-13(15)3/h7-10,14,16H,5-6,11-12H2,1-4H3. The zero-order chi connectivity index (χ0) is 12.7. The molecule has 0 fully saturated rings. The van der Waals surface area contributed by atoms with Gasteiger partial charge in [0.2, 0.25) is 0 Å². The molecule has 0 radical (unpaired) electrons. The Labute approximate surface area is 106 Å². The lowest BCUT2D eigenvalue weighted by Gasteiger charge is -2.23. The molecule has 0 spiro atoms. The molecular formula is C15H26N2. The zero-order valence-corrected chi connectivity index (χ0v) is 11.7. The summed E-state index contributed by atoms with van der Waals surface area (Å²) >= 11 is 0. The maximum absolute atomic E-state index is 3.60. The highest BCUT2D eigenvalue weighted by Gasteiger charge is 2.05. The number of rotatable bonds is 7. The molecule has 0 aliphatic rings. The van der Waals surface area contributed by atoms with Gasteiger partial charge in [0, 0.05) is 31.9 Å². The van der Waals surface area contributed by atoms with E-state index in [1.165, 1.54) is 24.1 Å². The van der Waals surface area contributed by atoms with Crippen LogP contribution in [0.4, 0.5) is 5.69 Å². The van der Waals surface area contributed by atoms with E-state index in [0.29, 0.717) is 6.04 Å². The Balaban J connectivity index is 2.40. The number of nitrogens with zero attached hydrogens (tertiary/aromatic N) is 1. The van der Waals surface area contributed by atoms with Crippen molar-refractivity contribution in [2.45, 2.75) is 39.7 Å². The van der Waals surface area contributed by atoms with E-state index in [1.54, 1.807) is 0 Å². The van der Waals surface area contributed by atoms with Gasteiger partial charge in [-0.1, -0.05) is 32.0 Å². The summed E-state index contributed by atoms with van der Waals surface area (Å²) in [5.41, 5.74) is 2.68. The molecule has 96 valence electrons. The fourth-order valence-electron chi connectivity index (χ4n) is 2.13. The molecule has 1 rings (SSSR count). The van der Waals surface area contributed by atoms with E-state index in [4.69, 9.17) is 0 Å². The van der Waals surface area contributed by atoms with Gasteiger partial charge < -0.3 is 10.2 Å². The first-order valence-electron chi connectivity index (χ1n) is 6.69. The van der Waals surface area contributed by atoms with Crippen LogP contribution in [0, 0.1) is 6.92 Å². The van der Waals surface area contributed by atoms with Crippen LogP contribution >= 0.6 is 0 Å². The predicted octanol–water partition coefficient (Wildman–Crippen LogP) is 3.21. The van der Waals surface area contributed by atoms with Crippen molar-refractivity contribution in [1.29, 1.82) is 0 Å². The first-order valence-corrected chi connectivity index (χ1v) is 6.69. The molecule has 0 saturated carbocycles. The molecule has 2 heteroatoms. The molecule has 0 aromatic heterocycles. The van der Waals surface area contributed by atoms with Gasteiger partial charge in [0.05, 0.1) is 0 Å². The maximum Gasteiger partial charge on any atom is 0.0393 e. The fraction of sp³-hybridized carbons (Fsp3) is 0.600. The molecule has 1 N–H and O–H groups in total. The minimum absolute atomic E-state index is 0.667. The van der Waals surface area contributed by atoms with Gasteiger partial charge in [0.15, 0.2) is 0 Å². The number of para-hydroxylation sites is 1. The second-order valence-electron chi connectivity index (χ2n) is 4.68. The van der Waals surface area contributed by atoms with Gasteiger partial charge in [-0.3, -0.25) is 0 Å². The monoisotopic (exact) mass is 234 g/mol. The Morgan fingerprint density at radius 1 is 1.18 bits per heavy atom. The minimum Gasteiger partial charge on any atom is -0.373 e. The van der Waals surface area contributed by atoms with E-state index in [2.05, 4.69) is 62.3 Å². The Kier molecular flexibility index (Phi) is 6.06. The molecular weight excluding hydrogens is 208 g/mol. The third-order valence-corrected chi connectivity index (χ3v) is 3.39. The van der Waals surface area contributed by atoms with E-state index in [0.717, 1.165) is 13.1 Å². The zero-order valence-electron chi connectivity index (χ0n) is 11.7. The smallest absolute Gasteiger partial charge is 0.0393 e. The highest BCUT2D eigenvalue weighted by Crippen LogP contribution is 2.16. The topological polar surface area (TPSA) is 15.3 Å². The van der Waals surface area contributed by atoms with Gasteiger partial charge in [-0.2, -0.15) is 0 Å². The highest BCUT2D eigenvalue weighted by molar-refractivity contribution is 5.52. The maximum atomic E-state index is 3.60. The lowest BCUT2D eigenvalue weighted by molar-refractivity contribution is 0.489. The van der Waals surface area contributed by atoms with Crippen LogP contribution in [0.15, 0.2) is 24.3 Å². The molecule has 0 atom stereocenters. The molecule has 0 heterocycles. The third-order valence-electron chi connectivity index (χ3n) is 3.39. The SMILES string of the molecule is CCC(CC)NCCN(C)c1ccccc1C. The van der Waals surface area contributed by atoms with Crippen molar-refractivity contribution in [3.8, 4) is 0 Å². The van der Waals surface area contributed by atoms with Gasteiger partial charge in [0.1, 0.15) is 0 Å². The quantitative estimate of drug-likeness (QED) is 0.779.